The van der Waals surface area contributed by atoms with Crippen molar-refractivity contribution in [3.05, 3.63) is 50.9 Å². The molecule has 5 heteroatoms. The van der Waals surface area contributed by atoms with Crippen LogP contribution < -0.4 is 0 Å². The summed E-state index contributed by atoms with van der Waals surface area (Å²) in [6, 6.07) is 7.62. The number of benzene rings is 1. The van der Waals surface area contributed by atoms with E-state index in [0.29, 0.717) is 5.92 Å². The van der Waals surface area contributed by atoms with Gasteiger partial charge in [-0.2, -0.15) is 0 Å². The molecule has 0 saturated carbocycles. The largest absolute Gasteiger partial charge is 0.339 e. The fourth-order valence-electron chi connectivity index (χ4n) is 2.57. The van der Waals surface area contributed by atoms with E-state index >= 15 is 0 Å². The molecule has 0 atom stereocenters. The van der Waals surface area contributed by atoms with Gasteiger partial charge in [-0.1, -0.05) is 12.1 Å². The molecule has 2 heterocycles. The lowest BCUT2D eigenvalue weighted by Crippen LogP contribution is -2.38. The number of carbonyl (C=O) groups excluding carboxylic acids is 1. The number of rotatable bonds is 2. The summed E-state index contributed by atoms with van der Waals surface area (Å²) in [6.45, 7) is 1.62. The Labute approximate surface area is 130 Å². The van der Waals surface area contributed by atoms with E-state index in [9.17, 15) is 4.79 Å². The fraction of sp³-hybridized carbons (Fsp3) is 0.333. The number of amides is 1. The molecule has 20 heavy (non-hydrogen) atoms. The number of hydrogen-bond donors (Lipinski definition) is 0. The second kappa shape index (κ2) is 6.06. The Morgan fingerprint density at radius 3 is 2.70 bits per heavy atom. The van der Waals surface area contributed by atoms with Gasteiger partial charge in [-0.15, -0.1) is 11.3 Å². The number of thiazole rings is 1. The Bertz CT molecular complexity index is 592. The summed E-state index contributed by atoms with van der Waals surface area (Å²) in [5, 5.41) is 3.23. The molecule has 1 saturated heterocycles. The van der Waals surface area contributed by atoms with Crippen LogP contribution in [0.25, 0.3) is 0 Å². The minimum Gasteiger partial charge on any atom is -0.339 e. The van der Waals surface area contributed by atoms with Crippen molar-refractivity contribution in [2.24, 2.45) is 0 Å². The topological polar surface area (TPSA) is 33.2 Å². The van der Waals surface area contributed by atoms with Crippen LogP contribution in [0.4, 0.5) is 0 Å². The van der Waals surface area contributed by atoms with Gasteiger partial charge in [0, 0.05) is 35.1 Å². The first-order valence-electron chi connectivity index (χ1n) is 6.69. The summed E-state index contributed by atoms with van der Waals surface area (Å²) in [5.74, 6) is 0.633. The smallest absolute Gasteiger partial charge is 0.254 e. The molecule has 1 aromatic carbocycles. The minimum atomic E-state index is 0.120. The van der Waals surface area contributed by atoms with Gasteiger partial charge in [0.05, 0.1) is 10.6 Å². The average Bonchev–Trinajstić information content (AvgIpc) is 3.01. The molecule has 0 radical (unpaired) electrons. The predicted octanol–water partition coefficient (Wildman–Crippen LogP) is 3.93. The monoisotopic (exact) mass is 350 g/mol. The lowest BCUT2D eigenvalue weighted by molar-refractivity contribution is 0.0712. The first-order valence-corrected chi connectivity index (χ1v) is 8.36. The van der Waals surface area contributed by atoms with Crippen molar-refractivity contribution in [3.63, 3.8) is 0 Å². The first-order chi connectivity index (χ1) is 9.75. The summed E-state index contributed by atoms with van der Waals surface area (Å²) >= 11 is 5.17. The maximum atomic E-state index is 12.5. The average molecular weight is 351 g/mol. The zero-order valence-corrected chi connectivity index (χ0v) is 13.4. The van der Waals surface area contributed by atoms with E-state index in [4.69, 9.17) is 0 Å². The van der Waals surface area contributed by atoms with Gasteiger partial charge >= 0.3 is 0 Å². The van der Waals surface area contributed by atoms with Gasteiger partial charge in [0.25, 0.3) is 5.91 Å². The summed E-state index contributed by atoms with van der Waals surface area (Å²) < 4.78 is 0.868. The molecule has 2 aromatic rings. The van der Waals surface area contributed by atoms with E-state index < -0.39 is 0 Å². The zero-order valence-electron chi connectivity index (χ0n) is 11.0. The molecular weight excluding hydrogens is 336 g/mol. The molecule has 0 bridgehead atoms. The lowest BCUT2D eigenvalue weighted by atomic mass is 9.97. The van der Waals surface area contributed by atoms with Gasteiger partial charge in [0.15, 0.2) is 0 Å². The number of halogens is 1. The first kappa shape index (κ1) is 13.8. The number of hydrogen-bond acceptors (Lipinski definition) is 3. The van der Waals surface area contributed by atoms with E-state index in [0.717, 1.165) is 36.0 Å². The van der Waals surface area contributed by atoms with Crippen LogP contribution in [-0.2, 0) is 0 Å². The van der Waals surface area contributed by atoms with E-state index in [1.165, 1.54) is 5.01 Å². The van der Waals surface area contributed by atoms with Crippen molar-refractivity contribution in [1.29, 1.82) is 0 Å². The van der Waals surface area contributed by atoms with Crippen molar-refractivity contribution in [3.8, 4) is 0 Å². The SMILES string of the molecule is O=C(c1ccccc1Br)N1CCC(c2nccs2)CC1. The quantitative estimate of drug-likeness (QED) is 0.822. The van der Waals surface area contributed by atoms with Crippen molar-refractivity contribution >= 4 is 33.2 Å². The maximum absolute atomic E-state index is 12.5. The van der Waals surface area contributed by atoms with Gasteiger partial charge in [0.1, 0.15) is 0 Å². The summed E-state index contributed by atoms with van der Waals surface area (Å²) in [7, 11) is 0. The maximum Gasteiger partial charge on any atom is 0.254 e. The zero-order chi connectivity index (χ0) is 13.9. The summed E-state index contributed by atoms with van der Waals surface area (Å²) in [6.07, 6.45) is 3.87. The summed E-state index contributed by atoms with van der Waals surface area (Å²) in [5.41, 5.74) is 0.750. The number of carbonyl (C=O) groups is 1. The highest BCUT2D eigenvalue weighted by Crippen LogP contribution is 2.30. The molecule has 104 valence electrons. The van der Waals surface area contributed by atoms with Crippen molar-refractivity contribution in [2.45, 2.75) is 18.8 Å². The molecule has 0 unspecified atom stereocenters. The molecule has 0 N–H and O–H groups in total. The molecule has 3 rings (SSSR count). The number of aromatic nitrogens is 1. The highest BCUT2D eigenvalue weighted by molar-refractivity contribution is 9.10. The Hall–Kier alpha value is -1.20. The van der Waals surface area contributed by atoms with Crippen molar-refractivity contribution in [2.75, 3.05) is 13.1 Å². The van der Waals surface area contributed by atoms with E-state index in [-0.39, 0.29) is 5.91 Å². The van der Waals surface area contributed by atoms with Crippen LogP contribution in [0.3, 0.4) is 0 Å². The van der Waals surface area contributed by atoms with Crippen LogP contribution >= 0.6 is 27.3 Å². The third-order valence-electron chi connectivity index (χ3n) is 3.69. The van der Waals surface area contributed by atoms with Crippen LogP contribution in [-0.4, -0.2) is 28.9 Å². The normalized spacial score (nSPS) is 16.4. The van der Waals surface area contributed by atoms with Gasteiger partial charge < -0.3 is 4.90 Å². The molecule has 3 nitrogen and oxygen atoms in total. The number of nitrogens with zero attached hydrogens (tertiary/aromatic N) is 2. The Morgan fingerprint density at radius 1 is 1.30 bits per heavy atom. The molecule has 0 aliphatic carbocycles. The number of piperidine rings is 1. The number of likely N-dealkylation sites (tertiary alicyclic amines) is 1. The highest BCUT2D eigenvalue weighted by atomic mass is 79.9. The standard InChI is InChI=1S/C15H15BrN2OS/c16-13-4-2-1-3-12(13)15(19)18-8-5-11(6-9-18)14-17-7-10-20-14/h1-4,7,10-11H,5-6,8-9H2. The van der Waals surface area contributed by atoms with Gasteiger partial charge in [-0.25, -0.2) is 4.98 Å². The third-order valence-corrected chi connectivity index (χ3v) is 5.32. The molecule has 1 amide bonds. The molecule has 1 aliphatic heterocycles. The molecule has 1 fully saturated rings. The van der Waals surface area contributed by atoms with E-state index in [1.807, 2.05) is 40.7 Å². The Morgan fingerprint density at radius 2 is 2.05 bits per heavy atom. The van der Waals surface area contributed by atoms with Gasteiger partial charge in [0.2, 0.25) is 0 Å². The second-order valence-electron chi connectivity index (χ2n) is 4.92. The molecule has 0 spiro atoms. The van der Waals surface area contributed by atoms with Gasteiger partial charge in [-0.05, 0) is 40.9 Å². The van der Waals surface area contributed by atoms with Crippen LogP contribution in [0.2, 0.25) is 0 Å². The summed E-state index contributed by atoms with van der Waals surface area (Å²) in [4.78, 5) is 18.8. The minimum absolute atomic E-state index is 0.120. The third kappa shape index (κ3) is 2.79. The highest BCUT2D eigenvalue weighted by Gasteiger charge is 2.26. The van der Waals surface area contributed by atoms with Gasteiger partial charge in [-0.3, -0.25) is 4.79 Å². The second-order valence-corrected chi connectivity index (χ2v) is 6.70. The van der Waals surface area contributed by atoms with Crippen LogP contribution in [0, 0.1) is 0 Å². The van der Waals surface area contributed by atoms with Crippen molar-refractivity contribution < 1.29 is 4.79 Å². The van der Waals surface area contributed by atoms with E-state index in [2.05, 4.69) is 20.9 Å². The van der Waals surface area contributed by atoms with Crippen LogP contribution in [0.5, 0.6) is 0 Å². The lowest BCUT2D eigenvalue weighted by Gasteiger charge is -2.31. The Kier molecular flexibility index (Phi) is 4.17. The predicted molar refractivity (Wildman–Crippen MR) is 84.1 cm³/mol. The molecule has 1 aromatic heterocycles. The van der Waals surface area contributed by atoms with E-state index in [1.54, 1.807) is 11.3 Å². The molecule has 1 aliphatic rings. The molecular formula is C15H15BrN2OS. The van der Waals surface area contributed by atoms with Crippen LogP contribution in [0.15, 0.2) is 40.3 Å². The Balaban J connectivity index is 1.66. The van der Waals surface area contributed by atoms with Crippen molar-refractivity contribution in [1.82, 2.24) is 9.88 Å². The van der Waals surface area contributed by atoms with Crippen LogP contribution in [0.1, 0.15) is 34.1 Å². The fourth-order valence-corrected chi connectivity index (χ4v) is 3.84.